The van der Waals surface area contributed by atoms with E-state index in [9.17, 15) is 19.4 Å². The van der Waals surface area contributed by atoms with Crippen molar-refractivity contribution in [1.29, 1.82) is 0 Å². The van der Waals surface area contributed by atoms with Crippen molar-refractivity contribution in [2.75, 3.05) is 0 Å². The lowest BCUT2D eigenvalue weighted by molar-refractivity contribution is -0.121. The molecule has 204 valence electrons. The molecule has 1 aromatic heterocycles. The molecule has 1 amide bonds. The van der Waals surface area contributed by atoms with Crippen LogP contribution in [0.1, 0.15) is 54.6 Å². The van der Waals surface area contributed by atoms with Gasteiger partial charge in [-0.15, -0.1) is 0 Å². The van der Waals surface area contributed by atoms with Crippen molar-refractivity contribution in [3.63, 3.8) is 0 Å². The van der Waals surface area contributed by atoms with Gasteiger partial charge in [0.15, 0.2) is 11.5 Å². The summed E-state index contributed by atoms with van der Waals surface area (Å²) in [6, 6.07) is 20.8. The van der Waals surface area contributed by atoms with Gasteiger partial charge in [-0.2, -0.15) is 5.10 Å². The van der Waals surface area contributed by atoms with Gasteiger partial charge in [-0.3, -0.25) is 4.79 Å². The van der Waals surface area contributed by atoms with E-state index in [1.165, 1.54) is 35.4 Å². The van der Waals surface area contributed by atoms with Crippen LogP contribution < -0.4 is 5.32 Å². The second kappa shape index (κ2) is 10.3. The zero-order valence-electron chi connectivity index (χ0n) is 22.3. The average molecular weight is 538 g/mol. The number of aromatic hydroxyl groups is 2. The first-order valence-corrected chi connectivity index (χ1v) is 13.7. The summed E-state index contributed by atoms with van der Waals surface area (Å²) in [4.78, 5) is 13.1. The van der Waals surface area contributed by atoms with Gasteiger partial charge >= 0.3 is 0 Å². The number of aromatic nitrogens is 2. The normalized spacial score (nSPS) is 20.4. The Labute approximate surface area is 232 Å². The Balaban J connectivity index is 1.23. The third-order valence-corrected chi connectivity index (χ3v) is 8.68. The van der Waals surface area contributed by atoms with Crippen LogP contribution >= 0.6 is 0 Å². The summed E-state index contributed by atoms with van der Waals surface area (Å²) in [6.07, 6.45) is 7.97. The number of hydrogen-bond donors (Lipinski definition) is 3. The van der Waals surface area contributed by atoms with Gasteiger partial charge in [-0.1, -0.05) is 48.9 Å². The van der Waals surface area contributed by atoms with Crippen molar-refractivity contribution >= 4 is 12.0 Å². The Kier molecular flexibility index (Phi) is 6.66. The maximum atomic E-state index is 13.5. The summed E-state index contributed by atoms with van der Waals surface area (Å²) in [5, 5.41) is 27.3. The van der Waals surface area contributed by atoms with E-state index >= 15 is 0 Å². The second-order valence-electron chi connectivity index (χ2n) is 11.2. The summed E-state index contributed by atoms with van der Waals surface area (Å²) < 4.78 is 15.4. The molecule has 0 radical (unpaired) electrons. The van der Waals surface area contributed by atoms with E-state index in [1.54, 1.807) is 18.2 Å². The summed E-state index contributed by atoms with van der Waals surface area (Å²) in [5.41, 5.74) is 6.11. The number of nitrogens with zero attached hydrogens (tertiary/aromatic N) is 2. The van der Waals surface area contributed by atoms with E-state index in [0.717, 1.165) is 42.6 Å². The Morgan fingerprint density at radius 1 is 1.10 bits per heavy atom. The maximum absolute atomic E-state index is 13.5. The Morgan fingerprint density at radius 2 is 1.88 bits per heavy atom. The molecule has 0 saturated heterocycles. The van der Waals surface area contributed by atoms with Gasteiger partial charge in [0.25, 0.3) is 0 Å². The maximum Gasteiger partial charge on any atom is 0.224 e. The molecule has 0 aliphatic heterocycles. The SMILES string of the molecule is C[C@]12Cc3cnn(-c4ccc(F)cc4)c3C=C1CC[C@@H]2CC(NC(=O)Cc1ccc(O)c(O)c1)c1ccccc1. The molecular formula is C33H32FN3O3. The van der Waals surface area contributed by atoms with Gasteiger partial charge in [-0.05, 0) is 96.2 Å². The third-order valence-electron chi connectivity index (χ3n) is 8.68. The van der Waals surface area contributed by atoms with Crippen LogP contribution in [-0.2, 0) is 17.6 Å². The molecule has 2 aliphatic rings. The zero-order chi connectivity index (χ0) is 27.9. The molecule has 1 heterocycles. The molecule has 6 nitrogen and oxygen atoms in total. The summed E-state index contributed by atoms with van der Waals surface area (Å²) >= 11 is 0. The third kappa shape index (κ3) is 4.88. The Hall–Kier alpha value is -4.39. The number of allylic oxidation sites excluding steroid dienone is 1. The number of phenols is 2. The first-order valence-electron chi connectivity index (χ1n) is 13.7. The highest BCUT2D eigenvalue weighted by Gasteiger charge is 2.46. The molecule has 3 aromatic carbocycles. The molecule has 3 atom stereocenters. The Bertz CT molecular complexity index is 1580. The predicted molar refractivity (Wildman–Crippen MR) is 151 cm³/mol. The van der Waals surface area contributed by atoms with Gasteiger partial charge in [0, 0.05) is 0 Å². The number of hydrogen-bond acceptors (Lipinski definition) is 4. The summed E-state index contributed by atoms with van der Waals surface area (Å²) in [6.45, 7) is 2.33. The number of fused-ring (bicyclic) bond motifs is 2. The fourth-order valence-electron chi connectivity index (χ4n) is 6.46. The Morgan fingerprint density at radius 3 is 2.62 bits per heavy atom. The fourth-order valence-corrected chi connectivity index (χ4v) is 6.46. The highest BCUT2D eigenvalue weighted by Crippen LogP contribution is 2.55. The predicted octanol–water partition coefficient (Wildman–Crippen LogP) is 6.27. The molecule has 1 saturated carbocycles. The average Bonchev–Trinajstić information content (AvgIpc) is 3.49. The number of nitrogens with one attached hydrogen (secondary N) is 1. The van der Waals surface area contributed by atoms with E-state index in [0.29, 0.717) is 11.5 Å². The van der Waals surface area contributed by atoms with Gasteiger partial charge in [0.1, 0.15) is 5.82 Å². The quantitative estimate of drug-likeness (QED) is 0.243. The minimum atomic E-state index is -0.268. The number of amides is 1. The van der Waals surface area contributed by atoms with E-state index in [4.69, 9.17) is 0 Å². The van der Waals surface area contributed by atoms with Crippen LogP contribution in [0.3, 0.4) is 0 Å². The van der Waals surface area contributed by atoms with E-state index < -0.39 is 0 Å². The standard InChI is InChI=1S/C33H32FN3O3/c1-33-19-23-20-35-37(27-12-10-26(34)11-13-27)29(23)18-25(33)9-8-24(33)17-28(22-5-3-2-4-6-22)36-32(40)16-21-7-14-30(38)31(39)15-21/h2-7,10-15,18,20,24,28,38-39H,8-9,16-17,19H2,1H3,(H,36,40)/t24-,28?,33-/m1/s1. The zero-order valence-corrected chi connectivity index (χ0v) is 22.3. The molecule has 1 fully saturated rings. The highest BCUT2D eigenvalue weighted by molar-refractivity contribution is 5.79. The van der Waals surface area contributed by atoms with Gasteiger partial charge in [-0.25, -0.2) is 9.07 Å². The molecule has 0 bridgehead atoms. The molecule has 6 rings (SSSR count). The van der Waals surface area contributed by atoms with Crippen LogP contribution in [0.4, 0.5) is 4.39 Å². The summed E-state index contributed by atoms with van der Waals surface area (Å²) in [5.74, 6) is -0.490. The minimum Gasteiger partial charge on any atom is -0.504 e. The van der Waals surface area contributed by atoms with Gasteiger partial charge < -0.3 is 15.5 Å². The minimum absolute atomic E-state index is 0.0514. The van der Waals surface area contributed by atoms with Crippen LogP contribution in [0, 0.1) is 17.2 Å². The van der Waals surface area contributed by atoms with Crippen LogP contribution in [-0.4, -0.2) is 25.9 Å². The number of carbonyl (C=O) groups excluding carboxylic acids is 1. The highest BCUT2D eigenvalue weighted by atomic mass is 19.1. The first-order chi connectivity index (χ1) is 19.3. The largest absolute Gasteiger partial charge is 0.504 e. The van der Waals surface area contributed by atoms with Crippen molar-refractivity contribution in [2.45, 2.75) is 45.1 Å². The molecular weight excluding hydrogens is 505 g/mol. The fraction of sp³-hybridized carbons (Fsp3) is 0.273. The van der Waals surface area contributed by atoms with E-state index in [1.807, 2.05) is 29.1 Å². The molecule has 2 aliphatic carbocycles. The van der Waals surface area contributed by atoms with E-state index in [2.05, 4.69) is 35.5 Å². The van der Waals surface area contributed by atoms with E-state index in [-0.39, 0.29) is 41.1 Å². The summed E-state index contributed by atoms with van der Waals surface area (Å²) in [7, 11) is 0. The van der Waals surface area contributed by atoms with Crippen molar-refractivity contribution < 1.29 is 19.4 Å². The lowest BCUT2D eigenvalue weighted by Gasteiger charge is -2.37. The number of halogens is 1. The lowest BCUT2D eigenvalue weighted by Crippen LogP contribution is -2.35. The number of carbonyl (C=O) groups is 1. The number of rotatable bonds is 7. The van der Waals surface area contributed by atoms with Crippen molar-refractivity contribution in [3.8, 4) is 17.2 Å². The van der Waals surface area contributed by atoms with Gasteiger partial charge in [0.2, 0.25) is 5.91 Å². The lowest BCUT2D eigenvalue weighted by atomic mass is 9.68. The van der Waals surface area contributed by atoms with Crippen LogP contribution in [0.2, 0.25) is 0 Å². The second-order valence-corrected chi connectivity index (χ2v) is 11.2. The number of phenolic OH excluding ortho intramolecular Hbond substituents is 2. The van der Waals surface area contributed by atoms with Crippen LogP contribution in [0.25, 0.3) is 11.8 Å². The topological polar surface area (TPSA) is 87.4 Å². The van der Waals surface area contributed by atoms with Gasteiger partial charge in [0.05, 0.1) is 30.0 Å². The van der Waals surface area contributed by atoms with Crippen molar-refractivity contribution in [2.24, 2.45) is 11.3 Å². The molecule has 1 unspecified atom stereocenters. The van der Waals surface area contributed by atoms with Crippen molar-refractivity contribution in [3.05, 3.63) is 113 Å². The molecule has 4 aromatic rings. The smallest absolute Gasteiger partial charge is 0.224 e. The number of benzene rings is 3. The molecule has 40 heavy (non-hydrogen) atoms. The van der Waals surface area contributed by atoms with Crippen LogP contribution in [0.5, 0.6) is 11.5 Å². The monoisotopic (exact) mass is 537 g/mol. The molecule has 7 heteroatoms. The first kappa shape index (κ1) is 25.9. The molecule has 0 spiro atoms. The van der Waals surface area contributed by atoms with Crippen LogP contribution in [0.15, 0.2) is 84.6 Å². The van der Waals surface area contributed by atoms with Crippen molar-refractivity contribution in [1.82, 2.24) is 15.1 Å². The molecule has 3 N–H and O–H groups in total.